The van der Waals surface area contributed by atoms with Gasteiger partial charge in [0.1, 0.15) is 0 Å². The topological polar surface area (TPSA) is 149 Å². The minimum absolute atomic E-state index is 0. The van der Waals surface area contributed by atoms with Gasteiger partial charge in [-0.2, -0.15) is 0 Å². The van der Waals surface area contributed by atoms with Crippen LogP contribution in [0.3, 0.4) is 0 Å². The Morgan fingerprint density at radius 3 is 2.20 bits per heavy atom. The molecule has 2 N–H and O–H groups in total. The van der Waals surface area contributed by atoms with Gasteiger partial charge in [0.2, 0.25) is 0 Å². The molecule has 74 valence electrons. The Bertz CT molecular complexity index is 516. The largest absolute Gasteiger partial charge is 1.00 e. The molecule has 1 heterocycles. The molecule has 0 aromatic carbocycles. The summed E-state index contributed by atoms with van der Waals surface area (Å²) in [6.07, 6.45) is 0. The first kappa shape index (κ1) is 13.1. The van der Waals surface area contributed by atoms with Crippen molar-refractivity contribution in [3.63, 3.8) is 0 Å². The molecule has 0 radical (unpaired) electrons. The predicted octanol–water partition coefficient (Wildman–Crippen LogP) is -5.66. The van der Waals surface area contributed by atoms with E-state index in [0.29, 0.717) is 0 Å². The zero-order valence-electron chi connectivity index (χ0n) is 7.40. The third-order valence-corrected chi connectivity index (χ3v) is 1.30. The van der Waals surface area contributed by atoms with Gasteiger partial charge in [-0.3, -0.25) is 24.9 Å². The van der Waals surface area contributed by atoms with Gasteiger partial charge in [-0.15, -0.1) is 0 Å². The van der Waals surface area contributed by atoms with Crippen molar-refractivity contribution in [2.24, 2.45) is 0 Å². The third-order valence-electron chi connectivity index (χ3n) is 1.30. The molecule has 1 aromatic rings. The van der Waals surface area contributed by atoms with Crippen LogP contribution in [0.2, 0.25) is 0 Å². The molecule has 0 aliphatic rings. The van der Waals surface area contributed by atoms with Gasteiger partial charge in [0, 0.05) is 0 Å². The maximum Gasteiger partial charge on any atom is 1.00 e. The summed E-state index contributed by atoms with van der Waals surface area (Å²) in [5.74, 6) is -2.00. The molecule has 10 heteroatoms. The molecular weight excluding hydrogens is 205 g/mol. The zero-order valence-corrected chi connectivity index (χ0v) is 7.40. The molecule has 0 amide bonds. The van der Waals surface area contributed by atoms with Gasteiger partial charge >= 0.3 is 35.8 Å². The number of aromatic amines is 2. The minimum Gasteiger partial charge on any atom is -0.543 e. The van der Waals surface area contributed by atoms with E-state index >= 15 is 0 Å². The molecular formula is C5H2LiN3O6. The van der Waals surface area contributed by atoms with Gasteiger partial charge in [0.15, 0.2) is 5.69 Å². The maximum absolute atomic E-state index is 10.8. The number of nitrogens with one attached hydrogen (secondary N) is 2. The molecule has 0 atom stereocenters. The van der Waals surface area contributed by atoms with E-state index in [0.717, 1.165) is 0 Å². The normalized spacial score (nSPS) is 9.07. The van der Waals surface area contributed by atoms with Crippen molar-refractivity contribution in [1.82, 2.24) is 9.97 Å². The fourth-order valence-corrected chi connectivity index (χ4v) is 0.802. The van der Waals surface area contributed by atoms with E-state index in [1.165, 1.54) is 4.98 Å². The van der Waals surface area contributed by atoms with Crippen molar-refractivity contribution >= 4 is 11.7 Å². The number of nitro groups is 1. The average Bonchev–Trinajstić information content (AvgIpc) is 2.01. The number of rotatable bonds is 2. The van der Waals surface area contributed by atoms with Gasteiger partial charge in [0.05, 0.1) is 10.9 Å². The van der Waals surface area contributed by atoms with Crippen LogP contribution in [0.4, 0.5) is 5.69 Å². The Balaban J connectivity index is 0.00000196. The number of nitrogens with zero attached hydrogens (tertiary/aromatic N) is 1. The summed E-state index contributed by atoms with van der Waals surface area (Å²) < 4.78 is 0. The van der Waals surface area contributed by atoms with Crippen molar-refractivity contribution < 1.29 is 33.7 Å². The van der Waals surface area contributed by atoms with E-state index in [1.807, 2.05) is 0 Å². The number of carbonyl (C=O) groups excluding carboxylic acids is 1. The van der Waals surface area contributed by atoms with Crippen LogP contribution < -0.4 is 35.2 Å². The SMILES string of the molecule is O=C([O-])c1[nH]c(=O)[nH]c(=O)c1[N+](=O)[O-].[Li+]. The minimum atomic E-state index is -2.00. The van der Waals surface area contributed by atoms with E-state index in [9.17, 15) is 29.6 Å². The first-order chi connectivity index (χ1) is 6.43. The molecule has 0 saturated carbocycles. The van der Waals surface area contributed by atoms with Gasteiger partial charge in [-0.05, 0) is 0 Å². The Labute approximate surface area is 92.5 Å². The molecule has 1 aromatic heterocycles. The maximum atomic E-state index is 10.8. The summed E-state index contributed by atoms with van der Waals surface area (Å²) in [4.78, 5) is 43.8. The number of carbonyl (C=O) groups is 1. The van der Waals surface area contributed by atoms with Gasteiger partial charge < -0.3 is 9.90 Å². The molecule has 0 aliphatic carbocycles. The van der Waals surface area contributed by atoms with Crippen molar-refractivity contribution in [3.8, 4) is 0 Å². The van der Waals surface area contributed by atoms with E-state index in [4.69, 9.17) is 0 Å². The first-order valence-corrected chi connectivity index (χ1v) is 3.16. The summed E-state index contributed by atoms with van der Waals surface area (Å²) in [7, 11) is 0. The number of carboxylic acid groups (broad SMARTS) is 1. The van der Waals surface area contributed by atoms with Crippen LogP contribution in [-0.4, -0.2) is 20.9 Å². The second-order valence-corrected chi connectivity index (χ2v) is 2.18. The Morgan fingerprint density at radius 2 is 1.80 bits per heavy atom. The van der Waals surface area contributed by atoms with Crippen LogP contribution in [0.5, 0.6) is 0 Å². The smallest absolute Gasteiger partial charge is 0.543 e. The van der Waals surface area contributed by atoms with E-state index in [-0.39, 0.29) is 18.9 Å². The number of aromatic nitrogens is 2. The number of aromatic carboxylic acids is 1. The van der Waals surface area contributed by atoms with E-state index < -0.39 is 33.5 Å². The summed E-state index contributed by atoms with van der Waals surface area (Å²) in [5.41, 5.74) is -4.95. The standard InChI is InChI=1S/C5H3N3O6.Li/c9-3-2(8(13)14)1(4(10)11)6-5(12)7-3;/h(H,10,11)(H2,6,7,9,12);/q;+1/p-1. The molecule has 0 fully saturated rings. The Kier molecular flexibility index (Phi) is 4.02. The molecule has 1 rings (SSSR count). The van der Waals surface area contributed by atoms with Crippen LogP contribution >= 0.6 is 0 Å². The third kappa shape index (κ3) is 2.55. The first-order valence-electron chi connectivity index (χ1n) is 3.16. The summed E-state index contributed by atoms with van der Waals surface area (Å²) in [6, 6.07) is 0. The molecule has 9 nitrogen and oxygen atoms in total. The molecule has 15 heavy (non-hydrogen) atoms. The summed E-state index contributed by atoms with van der Waals surface area (Å²) in [6.45, 7) is 0. The quantitative estimate of drug-likeness (QED) is 0.280. The second kappa shape index (κ2) is 4.58. The average molecular weight is 207 g/mol. The fourth-order valence-electron chi connectivity index (χ4n) is 0.802. The van der Waals surface area contributed by atoms with Crippen molar-refractivity contribution in [2.75, 3.05) is 0 Å². The van der Waals surface area contributed by atoms with Crippen molar-refractivity contribution in [1.29, 1.82) is 0 Å². The van der Waals surface area contributed by atoms with Crippen LogP contribution in [0.15, 0.2) is 9.59 Å². The van der Waals surface area contributed by atoms with Crippen molar-refractivity contribution in [3.05, 3.63) is 36.6 Å². The van der Waals surface area contributed by atoms with E-state index in [2.05, 4.69) is 0 Å². The van der Waals surface area contributed by atoms with Crippen LogP contribution in [0.1, 0.15) is 10.5 Å². The van der Waals surface area contributed by atoms with Gasteiger partial charge in [-0.25, -0.2) is 4.79 Å². The second-order valence-electron chi connectivity index (χ2n) is 2.18. The number of carboxylic acids is 1. The molecule has 0 aliphatic heterocycles. The monoisotopic (exact) mass is 207 g/mol. The number of hydrogen-bond donors (Lipinski definition) is 2. The van der Waals surface area contributed by atoms with E-state index in [1.54, 1.807) is 4.98 Å². The zero-order chi connectivity index (χ0) is 10.9. The predicted molar refractivity (Wildman–Crippen MR) is 38.7 cm³/mol. The van der Waals surface area contributed by atoms with Gasteiger partial charge in [0.25, 0.3) is 0 Å². The molecule has 0 unspecified atom stereocenters. The van der Waals surface area contributed by atoms with Crippen LogP contribution in [-0.2, 0) is 0 Å². The Morgan fingerprint density at radius 1 is 1.27 bits per heavy atom. The molecule has 0 saturated heterocycles. The Hall–Kier alpha value is -1.85. The number of hydrogen-bond acceptors (Lipinski definition) is 6. The molecule has 0 bridgehead atoms. The van der Waals surface area contributed by atoms with Crippen LogP contribution in [0, 0.1) is 10.1 Å². The van der Waals surface area contributed by atoms with Gasteiger partial charge in [-0.1, -0.05) is 0 Å². The fraction of sp³-hybridized carbons (Fsp3) is 0. The number of H-pyrrole nitrogens is 2. The van der Waals surface area contributed by atoms with Crippen molar-refractivity contribution in [2.45, 2.75) is 0 Å². The molecule has 0 spiro atoms. The summed E-state index contributed by atoms with van der Waals surface area (Å²) in [5, 5.41) is 20.5. The summed E-state index contributed by atoms with van der Waals surface area (Å²) >= 11 is 0. The van der Waals surface area contributed by atoms with Crippen LogP contribution in [0.25, 0.3) is 0 Å².